The number of thioether (sulfide) groups is 1. The first kappa shape index (κ1) is 18.5. The second-order valence-corrected chi connectivity index (χ2v) is 8.69. The fraction of sp³-hybridized carbons (Fsp3) is 0.722. The van der Waals surface area contributed by atoms with E-state index >= 15 is 0 Å². The van der Waals surface area contributed by atoms with Gasteiger partial charge < -0.3 is 14.7 Å². The van der Waals surface area contributed by atoms with Gasteiger partial charge in [0.05, 0.1) is 12.0 Å². The zero-order valence-electron chi connectivity index (χ0n) is 14.9. The summed E-state index contributed by atoms with van der Waals surface area (Å²) in [5, 5.41) is 26.3. The normalized spacial score (nSPS) is 32.2. The van der Waals surface area contributed by atoms with Gasteiger partial charge in [-0.05, 0) is 64.1 Å². The number of ether oxygens (including phenoxy) is 1. The molecule has 0 radical (unpaired) electrons. The van der Waals surface area contributed by atoms with Gasteiger partial charge >= 0.3 is 5.97 Å². The average Bonchev–Trinajstić information content (AvgIpc) is 3.06. The highest BCUT2D eigenvalue weighted by Crippen LogP contribution is 2.49. The molecule has 6 nitrogen and oxygen atoms in total. The summed E-state index contributed by atoms with van der Waals surface area (Å²) in [6, 6.07) is 0.579. The molecule has 0 saturated heterocycles. The highest BCUT2D eigenvalue weighted by molar-refractivity contribution is 8.15. The van der Waals surface area contributed by atoms with Crippen molar-refractivity contribution in [3.05, 3.63) is 11.1 Å². The van der Waals surface area contributed by atoms with Crippen LogP contribution in [-0.4, -0.2) is 58.4 Å². The molecule has 0 spiro atoms. The van der Waals surface area contributed by atoms with Gasteiger partial charge in [-0.2, -0.15) is 0 Å². The summed E-state index contributed by atoms with van der Waals surface area (Å²) in [5.41, 5.74) is 1.55. The van der Waals surface area contributed by atoms with Crippen molar-refractivity contribution in [1.82, 2.24) is 4.90 Å². The van der Waals surface area contributed by atoms with Crippen LogP contribution in [0.4, 0.5) is 0 Å². The highest BCUT2D eigenvalue weighted by atomic mass is 32.2. The van der Waals surface area contributed by atoms with Crippen LogP contribution >= 0.6 is 11.8 Å². The van der Waals surface area contributed by atoms with Gasteiger partial charge in [0.2, 0.25) is 5.90 Å². The number of fused-ring (bicyclic) bond motifs is 1. The maximum atomic E-state index is 11.1. The Bertz CT molecular complexity index is 609. The lowest BCUT2D eigenvalue weighted by Gasteiger charge is -2.32. The van der Waals surface area contributed by atoms with Gasteiger partial charge in [-0.1, -0.05) is 11.8 Å². The molecular weight excluding hydrogens is 338 g/mol. The molecule has 138 valence electrons. The van der Waals surface area contributed by atoms with Crippen molar-refractivity contribution >= 4 is 28.7 Å². The number of hydrogen-bond donors (Lipinski definition) is 3. The van der Waals surface area contributed by atoms with Gasteiger partial charge in [-0.25, -0.2) is 0 Å². The summed E-state index contributed by atoms with van der Waals surface area (Å²) >= 11 is 1.46. The van der Waals surface area contributed by atoms with Gasteiger partial charge in [0, 0.05) is 11.3 Å². The van der Waals surface area contributed by atoms with E-state index in [-0.39, 0.29) is 29.6 Å². The fourth-order valence-electron chi connectivity index (χ4n) is 4.31. The molecule has 2 atom stereocenters. The van der Waals surface area contributed by atoms with Crippen molar-refractivity contribution in [2.45, 2.75) is 62.3 Å². The van der Waals surface area contributed by atoms with Crippen molar-refractivity contribution in [3.8, 4) is 0 Å². The van der Waals surface area contributed by atoms with Crippen molar-refractivity contribution in [2.24, 2.45) is 5.92 Å². The number of nitrogens with zero attached hydrogens (tertiary/aromatic N) is 1. The Kier molecular flexibility index (Phi) is 5.53. The van der Waals surface area contributed by atoms with E-state index in [4.69, 9.17) is 20.7 Å². The van der Waals surface area contributed by atoms with Crippen LogP contribution in [0.25, 0.3) is 0 Å². The third-order valence-corrected chi connectivity index (χ3v) is 6.86. The zero-order valence-corrected chi connectivity index (χ0v) is 15.7. The van der Waals surface area contributed by atoms with Crippen LogP contribution in [0.2, 0.25) is 0 Å². The topological polar surface area (TPSA) is 97.5 Å². The molecule has 1 heterocycles. The van der Waals surface area contributed by atoms with Crippen molar-refractivity contribution in [1.29, 1.82) is 10.8 Å². The Morgan fingerprint density at radius 3 is 2.52 bits per heavy atom. The number of nitrogens with one attached hydrogen (secondary N) is 2. The lowest BCUT2D eigenvalue weighted by atomic mass is 9.92. The van der Waals surface area contributed by atoms with Crippen molar-refractivity contribution in [3.63, 3.8) is 0 Å². The lowest BCUT2D eigenvalue weighted by molar-refractivity contribution is -0.137. The molecule has 2 unspecified atom stereocenters. The number of hydrogen-bond acceptors (Lipinski definition) is 6. The Hall–Kier alpha value is -1.34. The van der Waals surface area contributed by atoms with E-state index in [1.54, 1.807) is 0 Å². The summed E-state index contributed by atoms with van der Waals surface area (Å²) < 4.78 is 5.94. The first-order valence-electron chi connectivity index (χ1n) is 9.00. The van der Waals surface area contributed by atoms with Gasteiger partial charge in [-0.15, -0.1) is 0 Å². The van der Waals surface area contributed by atoms with Gasteiger partial charge in [0.15, 0.2) is 0 Å². The maximum absolute atomic E-state index is 11.1. The molecule has 0 aromatic heterocycles. The quantitative estimate of drug-likeness (QED) is 0.514. The number of carbonyl (C=O) groups is 1. The summed E-state index contributed by atoms with van der Waals surface area (Å²) in [6.45, 7) is 0. The standard InChI is InChI=1S/C18H27N3O3S/c1-21(2)11-4-6-12(7-5-11)24-17(19)16-15-10(9-14(22)23)3-8-13(15)25-18(16)20/h10-13,19-20H,3-9H2,1-2H3,(H,22,23). The van der Waals surface area contributed by atoms with E-state index in [2.05, 4.69) is 19.0 Å². The minimum atomic E-state index is -0.810. The van der Waals surface area contributed by atoms with Crippen LogP contribution in [0, 0.1) is 16.7 Å². The number of rotatable bonds is 5. The van der Waals surface area contributed by atoms with Crippen LogP contribution in [0.1, 0.15) is 44.9 Å². The van der Waals surface area contributed by atoms with Gasteiger partial charge in [0.25, 0.3) is 0 Å². The minimum absolute atomic E-state index is 0.0352. The molecule has 0 aromatic carbocycles. The Labute approximate surface area is 153 Å². The zero-order chi connectivity index (χ0) is 18.1. The highest BCUT2D eigenvalue weighted by Gasteiger charge is 2.43. The molecule has 7 heteroatoms. The largest absolute Gasteiger partial charge is 0.481 e. The molecule has 2 fully saturated rings. The van der Waals surface area contributed by atoms with Gasteiger partial charge in [-0.3, -0.25) is 15.6 Å². The van der Waals surface area contributed by atoms with Crippen LogP contribution in [-0.2, 0) is 9.53 Å². The number of carboxylic acid groups (broad SMARTS) is 1. The average molecular weight is 365 g/mol. The Morgan fingerprint density at radius 1 is 1.24 bits per heavy atom. The second-order valence-electron chi connectivity index (χ2n) is 7.48. The molecule has 3 N–H and O–H groups in total. The van der Waals surface area contributed by atoms with E-state index in [1.165, 1.54) is 11.8 Å². The Morgan fingerprint density at radius 2 is 1.92 bits per heavy atom. The smallest absolute Gasteiger partial charge is 0.303 e. The monoisotopic (exact) mass is 365 g/mol. The molecule has 0 bridgehead atoms. The maximum Gasteiger partial charge on any atom is 0.303 e. The van der Waals surface area contributed by atoms with E-state index in [9.17, 15) is 4.79 Å². The Balaban J connectivity index is 1.69. The van der Waals surface area contributed by atoms with Crippen LogP contribution in [0.15, 0.2) is 11.1 Å². The van der Waals surface area contributed by atoms with Crippen LogP contribution in [0.5, 0.6) is 0 Å². The third kappa shape index (κ3) is 3.92. The van der Waals surface area contributed by atoms with Crippen molar-refractivity contribution < 1.29 is 14.6 Å². The SMILES string of the molecule is CN(C)C1CCC(OC(=N)C2=C3C(CC(=O)O)CCC3SC2=N)CC1. The summed E-state index contributed by atoms with van der Waals surface area (Å²) in [6.07, 6.45) is 5.83. The first-order valence-corrected chi connectivity index (χ1v) is 9.88. The fourth-order valence-corrected chi connectivity index (χ4v) is 5.61. The predicted octanol–water partition coefficient (Wildman–Crippen LogP) is 3.13. The molecule has 3 rings (SSSR count). The molecule has 2 saturated carbocycles. The lowest BCUT2D eigenvalue weighted by Crippen LogP contribution is -2.35. The molecule has 0 aromatic rings. The summed E-state index contributed by atoms with van der Waals surface area (Å²) in [5.74, 6) is -0.780. The molecular formula is C18H27N3O3S. The van der Waals surface area contributed by atoms with E-state index < -0.39 is 5.97 Å². The number of carboxylic acids is 1. The van der Waals surface area contributed by atoms with E-state index in [0.29, 0.717) is 16.7 Å². The van der Waals surface area contributed by atoms with Crippen LogP contribution in [0.3, 0.4) is 0 Å². The summed E-state index contributed by atoms with van der Waals surface area (Å²) in [7, 11) is 4.20. The third-order valence-electron chi connectivity index (χ3n) is 5.65. The predicted molar refractivity (Wildman–Crippen MR) is 99.7 cm³/mol. The van der Waals surface area contributed by atoms with Gasteiger partial charge in [0.1, 0.15) is 11.1 Å². The molecule has 25 heavy (non-hydrogen) atoms. The number of aliphatic carboxylic acids is 1. The minimum Gasteiger partial charge on any atom is -0.481 e. The summed E-state index contributed by atoms with van der Waals surface area (Å²) in [4.78, 5) is 13.4. The van der Waals surface area contributed by atoms with E-state index in [1.807, 2.05) is 0 Å². The molecule has 0 amide bonds. The molecule has 1 aliphatic heterocycles. The first-order chi connectivity index (χ1) is 11.9. The van der Waals surface area contributed by atoms with Crippen LogP contribution < -0.4 is 0 Å². The molecule has 3 aliphatic rings. The second kappa shape index (κ2) is 7.50. The van der Waals surface area contributed by atoms with E-state index in [0.717, 1.165) is 44.1 Å². The van der Waals surface area contributed by atoms with Crippen molar-refractivity contribution in [2.75, 3.05) is 14.1 Å². The molecule has 2 aliphatic carbocycles.